The molecule has 5 heteroatoms. The topological polar surface area (TPSA) is 69.4 Å². The van der Waals surface area contributed by atoms with Crippen LogP contribution in [0.15, 0.2) is 27.4 Å². The zero-order valence-electron chi connectivity index (χ0n) is 9.52. The van der Waals surface area contributed by atoms with Crippen molar-refractivity contribution in [3.63, 3.8) is 0 Å². The van der Waals surface area contributed by atoms with Crippen LogP contribution >= 0.6 is 0 Å². The summed E-state index contributed by atoms with van der Waals surface area (Å²) < 4.78 is 10.1. The minimum Gasteiger partial charge on any atom is -0.494 e. The zero-order chi connectivity index (χ0) is 12.4. The van der Waals surface area contributed by atoms with Crippen molar-refractivity contribution in [1.82, 2.24) is 4.98 Å². The summed E-state index contributed by atoms with van der Waals surface area (Å²) in [6.07, 6.45) is 0.00320. The molecule has 1 aromatic carbocycles. The van der Waals surface area contributed by atoms with Gasteiger partial charge in [0.05, 0.1) is 18.9 Å². The first kappa shape index (κ1) is 11.3. The van der Waals surface area contributed by atoms with Gasteiger partial charge in [-0.25, -0.2) is 9.78 Å². The Balaban J connectivity index is 2.70. The second kappa shape index (κ2) is 4.37. The van der Waals surface area contributed by atoms with Crippen molar-refractivity contribution < 1.29 is 13.9 Å². The Bertz CT molecular complexity index is 630. The molecule has 0 spiro atoms. The Kier molecular flexibility index (Phi) is 2.91. The monoisotopic (exact) mass is 233 g/mol. The number of rotatable bonds is 3. The van der Waals surface area contributed by atoms with E-state index in [1.54, 1.807) is 18.2 Å². The number of carbonyl (C=O) groups is 1. The number of ether oxygens (including phenoxy) is 1. The minimum atomic E-state index is -0.509. The fourth-order valence-electron chi connectivity index (χ4n) is 1.57. The maximum absolute atomic E-state index is 11.7. The molecule has 0 saturated carbocycles. The lowest BCUT2D eigenvalue weighted by Gasteiger charge is -2.04. The van der Waals surface area contributed by atoms with E-state index in [9.17, 15) is 9.59 Å². The number of nitrogens with zero attached hydrogens (tertiary/aromatic N) is 1. The van der Waals surface area contributed by atoms with Crippen molar-refractivity contribution in [3.05, 3.63) is 34.5 Å². The lowest BCUT2D eigenvalue weighted by molar-refractivity contribution is -0.116. The fourth-order valence-corrected chi connectivity index (χ4v) is 1.57. The maximum Gasteiger partial charge on any atom is 0.346 e. The molecule has 0 atom stereocenters. The van der Waals surface area contributed by atoms with Gasteiger partial charge in [-0.1, -0.05) is 6.07 Å². The summed E-state index contributed by atoms with van der Waals surface area (Å²) in [6, 6.07) is 4.99. The van der Waals surface area contributed by atoms with Gasteiger partial charge in [0, 0.05) is 0 Å². The standard InChI is InChI=1S/C12H11NO4/c1-7(14)6-10-13-11-8(12(15)17-10)4-3-5-9(11)16-2/h3-5H,6H2,1-2H3. The highest BCUT2D eigenvalue weighted by Crippen LogP contribution is 2.21. The van der Waals surface area contributed by atoms with Crippen LogP contribution in [0.4, 0.5) is 0 Å². The first-order chi connectivity index (χ1) is 8.11. The van der Waals surface area contributed by atoms with Gasteiger partial charge in [-0.2, -0.15) is 0 Å². The molecule has 0 aliphatic heterocycles. The second-order valence-electron chi connectivity index (χ2n) is 3.63. The van der Waals surface area contributed by atoms with Crippen molar-refractivity contribution in [2.75, 3.05) is 7.11 Å². The van der Waals surface area contributed by atoms with Crippen LogP contribution in [0.25, 0.3) is 10.9 Å². The zero-order valence-corrected chi connectivity index (χ0v) is 9.52. The molecule has 0 bridgehead atoms. The van der Waals surface area contributed by atoms with Gasteiger partial charge in [0.25, 0.3) is 0 Å². The Labute approximate surface area is 97.0 Å². The van der Waals surface area contributed by atoms with E-state index in [4.69, 9.17) is 9.15 Å². The van der Waals surface area contributed by atoms with Crippen LogP contribution in [0, 0.1) is 0 Å². The van der Waals surface area contributed by atoms with Gasteiger partial charge < -0.3 is 9.15 Å². The molecule has 0 amide bonds. The summed E-state index contributed by atoms with van der Waals surface area (Å²) in [5.41, 5.74) is -0.0901. The number of hydrogen-bond acceptors (Lipinski definition) is 5. The van der Waals surface area contributed by atoms with E-state index < -0.39 is 5.63 Å². The van der Waals surface area contributed by atoms with Crippen molar-refractivity contribution in [3.8, 4) is 5.75 Å². The van der Waals surface area contributed by atoms with Crippen LogP contribution in [0.5, 0.6) is 5.75 Å². The van der Waals surface area contributed by atoms with Crippen LogP contribution in [-0.2, 0) is 11.2 Å². The number of aromatic nitrogens is 1. The summed E-state index contributed by atoms with van der Waals surface area (Å²) in [4.78, 5) is 26.8. The van der Waals surface area contributed by atoms with Gasteiger partial charge in [0.2, 0.25) is 5.89 Å². The summed E-state index contributed by atoms with van der Waals surface area (Å²) >= 11 is 0. The summed E-state index contributed by atoms with van der Waals surface area (Å²) in [5, 5.41) is 0.344. The Hall–Kier alpha value is -2.17. The predicted octanol–water partition coefficient (Wildman–Crippen LogP) is 1.33. The number of methoxy groups -OCH3 is 1. The number of fused-ring (bicyclic) bond motifs is 1. The normalized spacial score (nSPS) is 10.5. The van der Waals surface area contributed by atoms with Crippen LogP contribution in [0.3, 0.4) is 0 Å². The van der Waals surface area contributed by atoms with E-state index in [1.807, 2.05) is 0 Å². The smallest absolute Gasteiger partial charge is 0.346 e. The van der Waals surface area contributed by atoms with Gasteiger partial charge >= 0.3 is 5.63 Å². The number of Topliss-reactive ketones (excluding diaryl/α,β-unsaturated/α-hetero) is 1. The number of para-hydroxylation sites is 1. The number of ketones is 1. The molecule has 17 heavy (non-hydrogen) atoms. The number of carbonyl (C=O) groups excluding carboxylic acids is 1. The van der Waals surface area contributed by atoms with Gasteiger partial charge in [-0.05, 0) is 19.1 Å². The van der Waals surface area contributed by atoms with Gasteiger partial charge in [-0.15, -0.1) is 0 Å². The average molecular weight is 233 g/mol. The van der Waals surface area contributed by atoms with Crippen molar-refractivity contribution >= 4 is 16.7 Å². The molecule has 2 aromatic rings. The third kappa shape index (κ3) is 2.18. The van der Waals surface area contributed by atoms with E-state index in [1.165, 1.54) is 14.0 Å². The Morgan fingerprint density at radius 3 is 2.88 bits per heavy atom. The second-order valence-corrected chi connectivity index (χ2v) is 3.63. The molecule has 1 aromatic heterocycles. The minimum absolute atomic E-state index is 0.00320. The van der Waals surface area contributed by atoms with Crippen molar-refractivity contribution in [2.45, 2.75) is 13.3 Å². The highest BCUT2D eigenvalue weighted by Gasteiger charge is 2.11. The fraction of sp³-hybridized carbons (Fsp3) is 0.250. The third-order valence-corrected chi connectivity index (χ3v) is 2.29. The molecule has 5 nitrogen and oxygen atoms in total. The van der Waals surface area contributed by atoms with Gasteiger partial charge in [0.1, 0.15) is 17.0 Å². The molecule has 0 fully saturated rings. The first-order valence-electron chi connectivity index (χ1n) is 5.08. The maximum atomic E-state index is 11.7. The van der Waals surface area contributed by atoms with Gasteiger partial charge in [-0.3, -0.25) is 4.79 Å². The molecular weight excluding hydrogens is 222 g/mol. The van der Waals surface area contributed by atoms with Crippen LogP contribution in [-0.4, -0.2) is 17.9 Å². The molecular formula is C12H11NO4. The van der Waals surface area contributed by atoms with Crippen LogP contribution in [0.1, 0.15) is 12.8 Å². The lowest BCUT2D eigenvalue weighted by atomic mass is 10.2. The number of benzene rings is 1. The van der Waals surface area contributed by atoms with E-state index in [0.29, 0.717) is 16.7 Å². The summed E-state index contributed by atoms with van der Waals surface area (Å²) in [7, 11) is 1.50. The third-order valence-electron chi connectivity index (χ3n) is 2.29. The van der Waals surface area contributed by atoms with Crippen LogP contribution in [0.2, 0.25) is 0 Å². The largest absolute Gasteiger partial charge is 0.494 e. The predicted molar refractivity (Wildman–Crippen MR) is 61.2 cm³/mol. The molecule has 0 unspecified atom stereocenters. The molecule has 0 aliphatic carbocycles. The summed E-state index contributed by atoms with van der Waals surface area (Å²) in [5.74, 6) is 0.481. The molecule has 0 saturated heterocycles. The van der Waals surface area contributed by atoms with E-state index >= 15 is 0 Å². The Morgan fingerprint density at radius 2 is 2.24 bits per heavy atom. The average Bonchev–Trinajstić information content (AvgIpc) is 2.27. The highest BCUT2D eigenvalue weighted by molar-refractivity contribution is 5.84. The summed E-state index contributed by atoms with van der Waals surface area (Å²) in [6.45, 7) is 1.41. The molecule has 0 aliphatic rings. The molecule has 1 heterocycles. The van der Waals surface area contributed by atoms with Crippen molar-refractivity contribution in [1.29, 1.82) is 0 Å². The Morgan fingerprint density at radius 1 is 1.47 bits per heavy atom. The lowest BCUT2D eigenvalue weighted by Crippen LogP contribution is -2.08. The number of hydrogen-bond donors (Lipinski definition) is 0. The van der Waals surface area contributed by atoms with Gasteiger partial charge in [0.15, 0.2) is 0 Å². The first-order valence-corrected chi connectivity index (χ1v) is 5.08. The quantitative estimate of drug-likeness (QED) is 0.799. The van der Waals surface area contributed by atoms with E-state index in [0.717, 1.165) is 0 Å². The van der Waals surface area contributed by atoms with E-state index in [2.05, 4.69) is 4.98 Å². The molecule has 88 valence electrons. The SMILES string of the molecule is COc1cccc2c(=O)oc(CC(C)=O)nc12. The van der Waals surface area contributed by atoms with Crippen LogP contribution < -0.4 is 10.4 Å². The molecule has 2 rings (SSSR count). The molecule has 0 N–H and O–H groups in total. The molecule has 0 radical (unpaired) electrons. The highest BCUT2D eigenvalue weighted by atomic mass is 16.5. The van der Waals surface area contributed by atoms with Crippen molar-refractivity contribution in [2.24, 2.45) is 0 Å². The van der Waals surface area contributed by atoms with E-state index in [-0.39, 0.29) is 18.1 Å².